The summed E-state index contributed by atoms with van der Waals surface area (Å²) >= 11 is 0. The largest absolute Gasteiger partial charge is 0.479 e. The first-order chi connectivity index (χ1) is 6.40. The lowest BCUT2D eigenvalue weighted by Gasteiger charge is -2.35. The van der Waals surface area contributed by atoms with E-state index in [4.69, 9.17) is 5.11 Å². The van der Waals surface area contributed by atoms with Crippen molar-refractivity contribution in [3.8, 4) is 0 Å². The van der Waals surface area contributed by atoms with Crippen molar-refractivity contribution >= 4 is 5.97 Å². The molecule has 0 aromatic carbocycles. The Morgan fingerprint density at radius 3 is 2.29 bits per heavy atom. The van der Waals surface area contributed by atoms with Crippen molar-refractivity contribution in [1.82, 2.24) is 0 Å². The van der Waals surface area contributed by atoms with Gasteiger partial charge in [-0.2, -0.15) is 0 Å². The molecule has 0 aliphatic heterocycles. The van der Waals surface area contributed by atoms with Gasteiger partial charge in [0.15, 0.2) is 5.60 Å². The predicted molar refractivity (Wildman–Crippen MR) is 53.9 cm³/mol. The van der Waals surface area contributed by atoms with Crippen LogP contribution in [-0.4, -0.2) is 21.8 Å². The number of rotatable bonds is 3. The number of hydrogen-bond acceptors (Lipinski definition) is 2. The summed E-state index contributed by atoms with van der Waals surface area (Å²) in [5, 5.41) is 19.4. The molecule has 3 nitrogen and oxygen atoms in total. The summed E-state index contributed by atoms with van der Waals surface area (Å²) in [6.07, 6.45) is 2.91. The van der Waals surface area contributed by atoms with Crippen molar-refractivity contribution in [2.75, 3.05) is 0 Å². The van der Waals surface area contributed by atoms with Crippen LogP contribution < -0.4 is 0 Å². The van der Waals surface area contributed by atoms with E-state index in [-0.39, 0.29) is 11.8 Å². The van der Waals surface area contributed by atoms with Crippen LogP contribution in [0.5, 0.6) is 0 Å². The molecule has 1 aliphatic carbocycles. The van der Waals surface area contributed by atoms with Crippen molar-refractivity contribution in [3.05, 3.63) is 0 Å². The molecule has 3 atom stereocenters. The Morgan fingerprint density at radius 1 is 1.43 bits per heavy atom. The maximum absolute atomic E-state index is 11.1. The van der Waals surface area contributed by atoms with Gasteiger partial charge in [0.25, 0.3) is 0 Å². The van der Waals surface area contributed by atoms with Crippen molar-refractivity contribution in [2.24, 2.45) is 17.8 Å². The highest BCUT2D eigenvalue weighted by molar-refractivity contribution is 5.78. The van der Waals surface area contributed by atoms with Gasteiger partial charge in [0.2, 0.25) is 0 Å². The summed E-state index contributed by atoms with van der Waals surface area (Å²) in [6, 6.07) is 0. The van der Waals surface area contributed by atoms with Crippen molar-refractivity contribution < 1.29 is 15.0 Å². The molecule has 0 heterocycles. The van der Waals surface area contributed by atoms with E-state index in [2.05, 4.69) is 0 Å². The fraction of sp³-hybridized carbons (Fsp3) is 0.909. The Balaban J connectivity index is 2.92. The monoisotopic (exact) mass is 200 g/mol. The molecule has 0 aromatic heterocycles. The Labute approximate surface area is 85.1 Å². The maximum Gasteiger partial charge on any atom is 0.336 e. The van der Waals surface area contributed by atoms with Gasteiger partial charge in [0.1, 0.15) is 0 Å². The van der Waals surface area contributed by atoms with Crippen LogP contribution in [0.15, 0.2) is 0 Å². The lowest BCUT2D eigenvalue weighted by atomic mass is 9.74. The van der Waals surface area contributed by atoms with Crippen LogP contribution in [0.3, 0.4) is 0 Å². The molecular weight excluding hydrogens is 180 g/mol. The van der Waals surface area contributed by atoms with Crippen molar-refractivity contribution in [2.45, 2.75) is 45.6 Å². The van der Waals surface area contributed by atoms with E-state index in [0.29, 0.717) is 5.92 Å². The first-order valence-corrected chi connectivity index (χ1v) is 5.36. The fourth-order valence-electron chi connectivity index (χ4n) is 2.63. The molecule has 82 valence electrons. The van der Waals surface area contributed by atoms with Gasteiger partial charge in [-0.3, -0.25) is 0 Å². The molecule has 2 N–H and O–H groups in total. The smallest absolute Gasteiger partial charge is 0.336 e. The lowest BCUT2D eigenvalue weighted by Crippen LogP contribution is -2.51. The molecule has 0 amide bonds. The van der Waals surface area contributed by atoms with Gasteiger partial charge in [-0.25, -0.2) is 4.79 Å². The number of aliphatic hydroxyl groups is 1. The SMILES string of the molecule is CC1CCCC1C(O)(C(=O)O)C(C)C. The van der Waals surface area contributed by atoms with Gasteiger partial charge in [0, 0.05) is 5.92 Å². The number of hydrogen-bond donors (Lipinski definition) is 2. The molecule has 1 rings (SSSR count). The Morgan fingerprint density at radius 2 is 2.00 bits per heavy atom. The predicted octanol–water partition coefficient (Wildman–Crippen LogP) is 1.89. The van der Waals surface area contributed by atoms with Crippen LogP contribution >= 0.6 is 0 Å². The number of aliphatic carboxylic acids is 1. The van der Waals surface area contributed by atoms with Crippen molar-refractivity contribution in [3.63, 3.8) is 0 Å². The van der Waals surface area contributed by atoms with Crippen LogP contribution in [0.2, 0.25) is 0 Å². The quantitative estimate of drug-likeness (QED) is 0.731. The first kappa shape index (κ1) is 11.5. The Hall–Kier alpha value is -0.570. The van der Waals surface area contributed by atoms with Crippen molar-refractivity contribution in [1.29, 1.82) is 0 Å². The van der Waals surface area contributed by atoms with E-state index < -0.39 is 11.6 Å². The second-order valence-corrected chi connectivity index (χ2v) is 4.80. The minimum atomic E-state index is -1.53. The molecule has 0 radical (unpaired) electrons. The third-order valence-electron chi connectivity index (χ3n) is 3.65. The van der Waals surface area contributed by atoms with E-state index in [1.165, 1.54) is 0 Å². The molecule has 0 saturated heterocycles. The zero-order valence-electron chi connectivity index (χ0n) is 9.16. The molecule has 1 saturated carbocycles. The van der Waals surface area contributed by atoms with E-state index >= 15 is 0 Å². The van der Waals surface area contributed by atoms with Crippen LogP contribution in [-0.2, 0) is 4.79 Å². The van der Waals surface area contributed by atoms with Crippen LogP contribution in [0, 0.1) is 17.8 Å². The molecule has 1 aliphatic rings. The van der Waals surface area contributed by atoms with Gasteiger partial charge in [-0.1, -0.05) is 33.6 Å². The third-order valence-corrected chi connectivity index (χ3v) is 3.65. The average Bonchev–Trinajstić information content (AvgIpc) is 2.49. The van der Waals surface area contributed by atoms with Crippen LogP contribution in [0.1, 0.15) is 40.0 Å². The third kappa shape index (κ3) is 1.65. The van der Waals surface area contributed by atoms with Gasteiger partial charge in [-0.05, 0) is 18.3 Å². The number of carboxylic acids is 1. The second-order valence-electron chi connectivity index (χ2n) is 4.80. The summed E-state index contributed by atoms with van der Waals surface area (Å²) in [7, 11) is 0. The normalized spacial score (nSPS) is 31.8. The zero-order chi connectivity index (χ0) is 10.9. The van der Waals surface area contributed by atoms with Gasteiger partial charge in [0.05, 0.1) is 0 Å². The van der Waals surface area contributed by atoms with Gasteiger partial charge < -0.3 is 10.2 Å². The standard InChI is InChI=1S/C11H20O3/c1-7(2)11(14,10(12)13)9-6-4-5-8(9)3/h7-9,14H,4-6H2,1-3H3,(H,12,13). The highest BCUT2D eigenvalue weighted by Gasteiger charge is 2.50. The van der Waals surface area contributed by atoms with E-state index in [0.717, 1.165) is 19.3 Å². The Kier molecular flexibility index (Phi) is 3.20. The minimum absolute atomic E-state index is 0.0833. The van der Waals surface area contributed by atoms with E-state index in [1.807, 2.05) is 6.92 Å². The van der Waals surface area contributed by atoms with Gasteiger partial charge >= 0.3 is 5.97 Å². The van der Waals surface area contributed by atoms with E-state index in [9.17, 15) is 9.90 Å². The van der Waals surface area contributed by atoms with E-state index in [1.54, 1.807) is 13.8 Å². The second kappa shape index (κ2) is 3.89. The lowest BCUT2D eigenvalue weighted by molar-refractivity contribution is -0.173. The molecule has 0 bridgehead atoms. The summed E-state index contributed by atoms with van der Waals surface area (Å²) in [5.74, 6) is -1.06. The molecular formula is C11H20O3. The number of carboxylic acid groups (broad SMARTS) is 1. The molecule has 14 heavy (non-hydrogen) atoms. The Bertz CT molecular complexity index is 225. The summed E-state index contributed by atoms with van der Waals surface area (Å²) in [6.45, 7) is 5.59. The molecule has 0 aromatic rings. The highest BCUT2D eigenvalue weighted by Crippen LogP contribution is 2.42. The zero-order valence-corrected chi connectivity index (χ0v) is 9.16. The fourth-order valence-corrected chi connectivity index (χ4v) is 2.63. The van der Waals surface area contributed by atoms with Crippen LogP contribution in [0.4, 0.5) is 0 Å². The summed E-state index contributed by atoms with van der Waals surface area (Å²) < 4.78 is 0. The topological polar surface area (TPSA) is 57.5 Å². The minimum Gasteiger partial charge on any atom is -0.479 e. The summed E-state index contributed by atoms with van der Waals surface area (Å²) in [4.78, 5) is 11.1. The number of carbonyl (C=O) groups is 1. The average molecular weight is 200 g/mol. The van der Waals surface area contributed by atoms with Crippen LogP contribution in [0.25, 0.3) is 0 Å². The maximum atomic E-state index is 11.1. The molecule has 1 fully saturated rings. The highest BCUT2D eigenvalue weighted by atomic mass is 16.4. The van der Waals surface area contributed by atoms with Gasteiger partial charge in [-0.15, -0.1) is 0 Å². The summed E-state index contributed by atoms with van der Waals surface area (Å²) in [5.41, 5.74) is -1.53. The first-order valence-electron chi connectivity index (χ1n) is 5.36. The molecule has 0 spiro atoms. The molecule has 3 heteroatoms. The molecule has 3 unspecified atom stereocenters.